The van der Waals surface area contributed by atoms with Crippen LogP contribution in [0.25, 0.3) is 10.9 Å². The highest BCUT2D eigenvalue weighted by Gasteiger charge is 2.20. The van der Waals surface area contributed by atoms with Crippen molar-refractivity contribution in [2.45, 2.75) is 6.54 Å². The molecular formula is C21H23N3O3. The number of carbonyl (C=O) groups is 1. The number of nitrogens with zero attached hydrogens (tertiary/aromatic N) is 3. The molecule has 140 valence electrons. The summed E-state index contributed by atoms with van der Waals surface area (Å²) in [5.74, 6) is 0.699. The Morgan fingerprint density at radius 2 is 1.89 bits per heavy atom. The highest BCUT2D eigenvalue weighted by Crippen LogP contribution is 2.25. The Balaban J connectivity index is 1.68. The van der Waals surface area contributed by atoms with E-state index in [0.29, 0.717) is 17.8 Å². The number of benzene rings is 2. The average Bonchev–Trinajstić information content (AvgIpc) is 3.11. The van der Waals surface area contributed by atoms with Crippen molar-refractivity contribution in [3.05, 3.63) is 59.8 Å². The Hall–Kier alpha value is -2.70. The molecule has 27 heavy (non-hydrogen) atoms. The van der Waals surface area contributed by atoms with Gasteiger partial charge in [-0.3, -0.25) is 14.4 Å². The lowest BCUT2D eigenvalue weighted by molar-refractivity contribution is 0.0361. The Labute approximate surface area is 158 Å². The van der Waals surface area contributed by atoms with E-state index < -0.39 is 0 Å². The van der Waals surface area contributed by atoms with Gasteiger partial charge in [0.1, 0.15) is 11.4 Å². The summed E-state index contributed by atoms with van der Waals surface area (Å²) >= 11 is 0. The lowest BCUT2D eigenvalue weighted by atomic mass is 10.1. The van der Waals surface area contributed by atoms with Crippen molar-refractivity contribution < 1.29 is 14.3 Å². The van der Waals surface area contributed by atoms with E-state index in [9.17, 15) is 4.79 Å². The van der Waals surface area contributed by atoms with Gasteiger partial charge in [-0.25, -0.2) is 0 Å². The fraction of sp³-hybridized carbons (Fsp3) is 0.333. The lowest BCUT2D eigenvalue weighted by Crippen LogP contribution is -2.38. The minimum Gasteiger partial charge on any atom is -0.497 e. The highest BCUT2D eigenvalue weighted by atomic mass is 16.5. The molecule has 3 aromatic rings. The number of aromatic nitrogens is 2. The number of fused-ring (bicyclic) bond motifs is 1. The topological polar surface area (TPSA) is 56.6 Å². The van der Waals surface area contributed by atoms with Gasteiger partial charge in [0.25, 0.3) is 0 Å². The largest absolute Gasteiger partial charge is 0.497 e. The van der Waals surface area contributed by atoms with Gasteiger partial charge in [0.05, 0.1) is 32.4 Å². The molecule has 0 amide bonds. The number of morpholine rings is 1. The predicted molar refractivity (Wildman–Crippen MR) is 103 cm³/mol. The molecule has 6 nitrogen and oxygen atoms in total. The average molecular weight is 365 g/mol. The molecule has 6 heteroatoms. The van der Waals surface area contributed by atoms with E-state index in [1.54, 1.807) is 7.11 Å². The van der Waals surface area contributed by atoms with Crippen LogP contribution in [0, 0.1) is 0 Å². The second-order valence-electron chi connectivity index (χ2n) is 6.60. The van der Waals surface area contributed by atoms with Gasteiger partial charge >= 0.3 is 0 Å². The maximum Gasteiger partial charge on any atom is 0.213 e. The number of hydrogen-bond acceptors (Lipinski definition) is 5. The van der Waals surface area contributed by atoms with Crippen LogP contribution >= 0.6 is 0 Å². The van der Waals surface area contributed by atoms with Gasteiger partial charge in [-0.2, -0.15) is 5.10 Å². The Morgan fingerprint density at radius 1 is 1.11 bits per heavy atom. The second-order valence-corrected chi connectivity index (χ2v) is 6.60. The molecule has 1 fully saturated rings. The standard InChI is InChI=1S/C21H23N3O3/c1-26-17-7-8-18-19(15-17)24(10-9-23-11-13-27-14-12-23)22-20(18)21(25)16-5-3-2-4-6-16/h2-8,15H,9-14H2,1H3. The SMILES string of the molecule is COc1ccc2c(C(=O)c3ccccc3)nn(CCN3CCOCC3)c2c1. The first-order valence-corrected chi connectivity index (χ1v) is 9.20. The number of hydrogen-bond donors (Lipinski definition) is 0. The number of rotatable bonds is 6. The third kappa shape index (κ3) is 3.72. The summed E-state index contributed by atoms with van der Waals surface area (Å²) < 4.78 is 12.7. The van der Waals surface area contributed by atoms with Crippen molar-refractivity contribution in [3.8, 4) is 5.75 Å². The highest BCUT2D eigenvalue weighted by molar-refractivity contribution is 6.14. The predicted octanol–water partition coefficient (Wildman–Crippen LogP) is 2.61. The summed E-state index contributed by atoms with van der Waals surface area (Å²) in [5.41, 5.74) is 2.05. The molecule has 1 aliphatic rings. The molecule has 2 aromatic carbocycles. The molecule has 0 N–H and O–H groups in total. The summed E-state index contributed by atoms with van der Waals surface area (Å²) in [6.07, 6.45) is 0. The fourth-order valence-electron chi connectivity index (χ4n) is 3.41. The van der Waals surface area contributed by atoms with Gasteiger partial charge in [-0.1, -0.05) is 30.3 Å². The minimum absolute atomic E-state index is 0.0594. The van der Waals surface area contributed by atoms with E-state index in [1.165, 1.54) is 0 Å². The summed E-state index contributed by atoms with van der Waals surface area (Å²) in [5, 5.41) is 5.53. The van der Waals surface area contributed by atoms with Crippen LogP contribution in [0.3, 0.4) is 0 Å². The molecule has 0 bridgehead atoms. The minimum atomic E-state index is -0.0594. The normalized spacial score (nSPS) is 15.1. The van der Waals surface area contributed by atoms with E-state index in [-0.39, 0.29) is 5.78 Å². The van der Waals surface area contributed by atoms with Gasteiger partial charge in [0.2, 0.25) is 5.78 Å². The van der Waals surface area contributed by atoms with Crippen molar-refractivity contribution in [1.29, 1.82) is 0 Å². The van der Waals surface area contributed by atoms with Crippen LogP contribution in [-0.4, -0.2) is 60.4 Å². The van der Waals surface area contributed by atoms with Crippen LogP contribution in [0.5, 0.6) is 5.75 Å². The Kier molecular flexibility index (Phi) is 5.18. The fourth-order valence-corrected chi connectivity index (χ4v) is 3.41. The first-order valence-electron chi connectivity index (χ1n) is 9.20. The number of ether oxygens (including phenoxy) is 2. The van der Waals surface area contributed by atoms with Gasteiger partial charge in [0.15, 0.2) is 0 Å². The van der Waals surface area contributed by atoms with Crippen LogP contribution in [0.15, 0.2) is 48.5 Å². The molecule has 0 unspecified atom stereocenters. The molecule has 4 rings (SSSR count). The van der Waals surface area contributed by atoms with Gasteiger partial charge < -0.3 is 9.47 Å². The van der Waals surface area contributed by atoms with E-state index in [4.69, 9.17) is 9.47 Å². The summed E-state index contributed by atoms with van der Waals surface area (Å²) in [6, 6.07) is 15.0. The van der Waals surface area contributed by atoms with Crippen LogP contribution in [-0.2, 0) is 11.3 Å². The first-order chi connectivity index (χ1) is 13.3. The van der Waals surface area contributed by atoms with Gasteiger partial charge in [0, 0.05) is 36.7 Å². The maximum absolute atomic E-state index is 13.0. The summed E-state index contributed by atoms with van der Waals surface area (Å²) in [4.78, 5) is 15.4. The van der Waals surface area contributed by atoms with E-state index >= 15 is 0 Å². The van der Waals surface area contributed by atoms with Crippen molar-refractivity contribution >= 4 is 16.7 Å². The molecule has 0 spiro atoms. The number of ketones is 1. The molecule has 1 aliphatic heterocycles. The Morgan fingerprint density at radius 3 is 2.63 bits per heavy atom. The smallest absolute Gasteiger partial charge is 0.213 e. The zero-order chi connectivity index (χ0) is 18.6. The molecule has 2 heterocycles. The zero-order valence-electron chi connectivity index (χ0n) is 15.4. The molecule has 0 atom stereocenters. The molecule has 0 saturated carbocycles. The summed E-state index contributed by atoms with van der Waals surface area (Å²) in [6.45, 7) is 4.98. The van der Waals surface area contributed by atoms with Crippen molar-refractivity contribution in [2.75, 3.05) is 40.0 Å². The monoisotopic (exact) mass is 365 g/mol. The first kappa shape index (κ1) is 17.7. The molecule has 0 aliphatic carbocycles. The molecule has 0 radical (unpaired) electrons. The van der Waals surface area contributed by atoms with Crippen LogP contribution in [0.2, 0.25) is 0 Å². The second kappa shape index (κ2) is 7.90. The van der Waals surface area contributed by atoms with Crippen molar-refractivity contribution in [3.63, 3.8) is 0 Å². The number of carbonyl (C=O) groups excluding carboxylic acids is 1. The third-order valence-corrected chi connectivity index (χ3v) is 4.94. The Bertz CT molecular complexity index is 930. The molecule has 1 aromatic heterocycles. The van der Waals surface area contributed by atoms with Crippen molar-refractivity contribution in [1.82, 2.24) is 14.7 Å². The quantitative estimate of drug-likeness (QED) is 0.629. The van der Waals surface area contributed by atoms with E-state index in [0.717, 1.165) is 49.5 Å². The number of methoxy groups -OCH3 is 1. The van der Waals surface area contributed by atoms with Crippen LogP contribution in [0.1, 0.15) is 16.1 Å². The third-order valence-electron chi connectivity index (χ3n) is 4.94. The van der Waals surface area contributed by atoms with E-state index in [1.807, 2.05) is 53.2 Å². The lowest BCUT2D eigenvalue weighted by Gasteiger charge is -2.26. The van der Waals surface area contributed by atoms with Crippen LogP contribution < -0.4 is 4.74 Å². The molecule has 1 saturated heterocycles. The summed E-state index contributed by atoms with van der Waals surface area (Å²) in [7, 11) is 1.64. The molecular weight excluding hydrogens is 342 g/mol. The van der Waals surface area contributed by atoms with Crippen LogP contribution in [0.4, 0.5) is 0 Å². The van der Waals surface area contributed by atoms with E-state index in [2.05, 4.69) is 10.00 Å². The van der Waals surface area contributed by atoms with Crippen molar-refractivity contribution in [2.24, 2.45) is 0 Å². The van der Waals surface area contributed by atoms with Gasteiger partial charge in [-0.05, 0) is 12.1 Å². The zero-order valence-corrected chi connectivity index (χ0v) is 15.4. The maximum atomic E-state index is 13.0. The van der Waals surface area contributed by atoms with Gasteiger partial charge in [-0.15, -0.1) is 0 Å².